The Morgan fingerprint density at radius 2 is 2.31 bits per heavy atom. The second kappa shape index (κ2) is 7.15. The van der Waals surface area contributed by atoms with Crippen LogP contribution >= 0.6 is 24.0 Å². The molecule has 0 saturated carbocycles. The molecule has 1 atom stereocenters. The lowest BCUT2D eigenvalue weighted by Gasteiger charge is -2.10. The minimum absolute atomic E-state index is 0.0671. The van der Waals surface area contributed by atoms with Crippen LogP contribution in [-0.2, 0) is 4.79 Å². The van der Waals surface area contributed by atoms with Crippen molar-refractivity contribution < 1.29 is 4.79 Å². The van der Waals surface area contributed by atoms with E-state index in [0.29, 0.717) is 18.0 Å². The van der Waals surface area contributed by atoms with Gasteiger partial charge in [0.15, 0.2) is 0 Å². The van der Waals surface area contributed by atoms with E-state index in [1.54, 1.807) is 11.8 Å². The van der Waals surface area contributed by atoms with E-state index < -0.39 is 0 Å². The molecule has 3 nitrogen and oxygen atoms in total. The van der Waals surface area contributed by atoms with Crippen LogP contribution in [0.5, 0.6) is 0 Å². The Balaban J connectivity index is 3.52. The molecule has 1 amide bonds. The lowest BCUT2D eigenvalue weighted by atomic mass is 10.2. The van der Waals surface area contributed by atoms with Gasteiger partial charge in [-0.25, -0.2) is 0 Å². The maximum absolute atomic E-state index is 11.1. The Labute approximate surface area is 88.8 Å². The Morgan fingerprint density at radius 1 is 1.69 bits per heavy atom. The highest BCUT2D eigenvalue weighted by Crippen LogP contribution is 1.96. The summed E-state index contributed by atoms with van der Waals surface area (Å²) in [6, 6.07) is 0. The number of hydrogen-bond donors (Lipinski definition) is 2. The molecule has 0 aromatic carbocycles. The highest BCUT2D eigenvalue weighted by Gasteiger charge is 2.06. The summed E-state index contributed by atoms with van der Waals surface area (Å²) in [7, 11) is 0. The zero-order valence-electron chi connectivity index (χ0n) is 8.00. The van der Waals surface area contributed by atoms with Crippen molar-refractivity contribution in [2.75, 3.05) is 18.6 Å². The van der Waals surface area contributed by atoms with Gasteiger partial charge in [-0.1, -0.05) is 19.1 Å². The van der Waals surface area contributed by atoms with Crippen molar-refractivity contribution >= 4 is 34.9 Å². The molecule has 0 aliphatic rings. The average Bonchev–Trinajstić information content (AvgIpc) is 2.10. The molecule has 76 valence electrons. The summed E-state index contributed by atoms with van der Waals surface area (Å²) in [5.74, 6) is 0.999. The summed E-state index contributed by atoms with van der Waals surface area (Å²) in [6.07, 6.45) is 2.54. The smallest absolute Gasteiger partial charge is 0.220 e. The van der Waals surface area contributed by atoms with Crippen molar-refractivity contribution in [3.63, 3.8) is 0 Å². The van der Waals surface area contributed by atoms with Crippen molar-refractivity contribution in [3.8, 4) is 0 Å². The van der Waals surface area contributed by atoms with Gasteiger partial charge in [0.25, 0.3) is 0 Å². The molecule has 0 aliphatic heterocycles. The minimum atomic E-state index is 0.0671. The third-order valence-corrected chi connectivity index (χ3v) is 2.64. The van der Waals surface area contributed by atoms with Gasteiger partial charge in [0, 0.05) is 24.6 Å². The van der Waals surface area contributed by atoms with E-state index in [0.717, 1.165) is 5.75 Å². The molecule has 0 saturated heterocycles. The maximum atomic E-state index is 11.1. The Hall–Kier alpha value is -0.290. The summed E-state index contributed by atoms with van der Waals surface area (Å²) in [5, 5.41) is 2.78. The number of carbonyl (C=O) groups is 1. The number of nitrogens with one attached hydrogen (secondary N) is 1. The van der Waals surface area contributed by atoms with E-state index in [-0.39, 0.29) is 11.8 Å². The highest BCUT2D eigenvalue weighted by molar-refractivity contribution is 7.98. The molecule has 0 aromatic heterocycles. The predicted octanol–water partition coefficient (Wildman–Crippen LogP) is 0.778. The third-order valence-electron chi connectivity index (χ3n) is 1.62. The van der Waals surface area contributed by atoms with Crippen LogP contribution in [0, 0.1) is 5.92 Å². The lowest BCUT2D eigenvalue weighted by molar-refractivity contribution is -0.120. The molecule has 0 aromatic rings. The van der Waals surface area contributed by atoms with E-state index in [2.05, 4.69) is 5.32 Å². The first kappa shape index (κ1) is 12.7. The van der Waals surface area contributed by atoms with Gasteiger partial charge in [-0.3, -0.25) is 4.79 Å². The zero-order chi connectivity index (χ0) is 10.3. The summed E-state index contributed by atoms with van der Waals surface area (Å²) in [5.41, 5.74) is 5.40. The van der Waals surface area contributed by atoms with Crippen molar-refractivity contribution in [1.82, 2.24) is 5.32 Å². The molecule has 1 unspecified atom stereocenters. The monoisotopic (exact) mass is 220 g/mol. The van der Waals surface area contributed by atoms with E-state index in [1.807, 2.05) is 13.2 Å². The number of hydrogen-bond acceptors (Lipinski definition) is 3. The van der Waals surface area contributed by atoms with Gasteiger partial charge in [0.2, 0.25) is 5.91 Å². The van der Waals surface area contributed by atoms with Gasteiger partial charge in [-0.15, -0.1) is 0 Å². The fraction of sp³-hybridized carbons (Fsp3) is 0.750. The first-order chi connectivity index (χ1) is 6.07. The van der Waals surface area contributed by atoms with Gasteiger partial charge in [-0.05, 0) is 6.26 Å². The van der Waals surface area contributed by atoms with Crippen molar-refractivity contribution in [3.05, 3.63) is 0 Å². The Bertz CT molecular complexity index is 185. The third kappa shape index (κ3) is 6.83. The Morgan fingerprint density at radius 3 is 2.77 bits per heavy atom. The summed E-state index contributed by atoms with van der Waals surface area (Å²) < 4.78 is 0. The molecule has 13 heavy (non-hydrogen) atoms. The largest absolute Gasteiger partial charge is 0.393 e. The summed E-state index contributed by atoms with van der Waals surface area (Å²) >= 11 is 6.44. The molecular formula is C8H16N2OS2. The molecule has 3 N–H and O–H groups in total. The number of thiocarbonyl (C=S) groups is 1. The molecule has 0 radical (unpaired) electrons. The van der Waals surface area contributed by atoms with Gasteiger partial charge in [-0.2, -0.15) is 11.8 Å². The standard InChI is InChI=1S/C8H16N2OS2/c1-6(8(9)12)5-10-7(11)3-4-13-2/h6H,3-5H2,1-2H3,(H2,9,12)(H,10,11). The van der Waals surface area contributed by atoms with Crippen LogP contribution in [0.2, 0.25) is 0 Å². The normalized spacial score (nSPS) is 12.2. The van der Waals surface area contributed by atoms with Crippen molar-refractivity contribution in [2.45, 2.75) is 13.3 Å². The quantitative estimate of drug-likeness (QED) is 0.650. The fourth-order valence-corrected chi connectivity index (χ4v) is 1.12. The Kier molecular flexibility index (Phi) is 6.99. The summed E-state index contributed by atoms with van der Waals surface area (Å²) in [4.78, 5) is 11.6. The van der Waals surface area contributed by atoms with Crippen LogP contribution in [0.3, 0.4) is 0 Å². The lowest BCUT2D eigenvalue weighted by Crippen LogP contribution is -2.33. The number of amides is 1. The molecule has 0 aliphatic carbocycles. The second-order valence-corrected chi connectivity index (χ2v) is 4.31. The summed E-state index contributed by atoms with van der Waals surface area (Å²) in [6.45, 7) is 2.44. The van der Waals surface area contributed by atoms with Crippen LogP contribution < -0.4 is 11.1 Å². The molecular weight excluding hydrogens is 204 g/mol. The number of rotatable bonds is 6. The molecule has 0 fully saturated rings. The number of thioether (sulfide) groups is 1. The molecule has 5 heteroatoms. The van der Waals surface area contributed by atoms with Crippen LogP contribution in [0.15, 0.2) is 0 Å². The molecule has 0 spiro atoms. The first-order valence-corrected chi connectivity index (χ1v) is 5.93. The van der Waals surface area contributed by atoms with E-state index in [9.17, 15) is 4.79 Å². The van der Waals surface area contributed by atoms with Crippen LogP contribution in [-0.4, -0.2) is 29.4 Å². The van der Waals surface area contributed by atoms with Crippen LogP contribution in [0.25, 0.3) is 0 Å². The fourth-order valence-electron chi connectivity index (χ4n) is 0.651. The van der Waals surface area contributed by atoms with Crippen molar-refractivity contribution in [2.24, 2.45) is 11.7 Å². The zero-order valence-corrected chi connectivity index (χ0v) is 9.63. The van der Waals surface area contributed by atoms with Crippen molar-refractivity contribution in [1.29, 1.82) is 0 Å². The van der Waals surface area contributed by atoms with Gasteiger partial charge < -0.3 is 11.1 Å². The topological polar surface area (TPSA) is 55.1 Å². The highest BCUT2D eigenvalue weighted by atomic mass is 32.2. The van der Waals surface area contributed by atoms with E-state index in [1.165, 1.54) is 0 Å². The predicted molar refractivity (Wildman–Crippen MR) is 62.0 cm³/mol. The first-order valence-electron chi connectivity index (χ1n) is 4.13. The minimum Gasteiger partial charge on any atom is -0.393 e. The average molecular weight is 220 g/mol. The number of carbonyl (C=O) groups excluding carboxylic acids is 1. The SMILES string of the molecule is CSCCC(=O)NCC(C)C(N)=S. The molecule has 0 rings (SSSR count). The number of nitrogens with two attached hydrogens (primary N) is 1. The van der Waals surface area contributed by atoms with Gasteiger partial charge in [0.05, 0.1) is 4.99 Å². The molecule has 0 heterocycles. The van der Waals surface area contributed by atoms with Gasteiger partial charge in [0.1, 0.15) is 0 Å². The van der Waals surface area contributed by atoms with E-state index in [4.69, 9.17) is 18.0 Å². The van der Waals surface area contributed by atoms with E-state index >= 15 is 0 Å². The van der Waals surface area contributed by atoms with Crippen LogP contribution in [0.4, 0.5) is 0 Å². The maximum Gasteiger partial charge on any atom is 0.220 e. The van der Waals surface area contributed by atoms with Gasteiger partial charge >= 0.3 is 0 Å². The second-order valence-electron chi connectivity index (χ2n) is 2.85. The molecule has 0 bridgehead atoms. The van der Waals surface area contributed by atoms with Crippen LogP contribution in [0.1, 0.15) is 13.3 Å².